The molecular weight excluding hydrogens is 368 g/mol. The summed E-state index contributed by atoms with van der Waals surface area (Å²) in [5.41, 5.74) is 0.902. The molecule has 5 nitrogen and oxygen atoms in total. The lowest BCUT2D eigenvalue weighted by molar-refractivity contribution is 0.281. The minimum Gasteiger partial charge on any atom is -0.392 e. The van der Waals surface area contributed by atoms with Gasteiger partial charge in [0.05, 0.1) is 12.3 Å². The Morgan fingerprint density at radius 3 is 2.60 bits per heavy atom. The van der Waals surface area contributed by atoms with Crippen LogP contribution in [0.15, 0.2) is 46.0 Å². The van der Waals surface area contributed by atoms with Gasteiger partial charge in [0.15, 0.2) is 5.03 Å². The van der Waals surface area contributed by atoms with E-state index in [1.807, 2.05) is 0 Å². The second-order valence-corrected chi connectivity index (χ2v) is 6.81. The number of nitrogens with one attached hydrogen (secondary N) is 1. The van der Waals surface area contributed by atoms with Gasteiger partial charge in [-0.05, 0) is 45.8 Å². The predicted octanol–water partition coefficient (Wildman–Crippen LogP) is 2.79. The Labute approximate surface area is 129 Å². The van der Waals surface area contributed by atoms with E-state index >= 15 is 0 Å². The van der Waals surface area contributed by atoms with E-state index in [1.165, 1.54) is 18.3 Å². The number of hydrogen-bond donors (Lipinski definition) is 2. The summed E-state index contributed by atoms with van der Waals surface area (Å²) in [4.78, 5) is 3.81. The third-order valence-corrected chi connectivity index (χ3v) is 4.60. The largest absolute Gasteiger partial charge is 0.392 e. The summed E-state index contributed by atoms with van der Waals surface area (Å²) in [6.07, 6.45) is 1.31. The molecule has 1 heterocycles. The molecule has 0 unspecified atom stereocenters. The molecule has 106 valence electrons. The van der Waals surface area contributed by atoms with E-state index in [0.29, 0.717) is 20.7 Å². The van der Waals surface area contributed by atoms with Crippen molar-refractivity contribution in [2.24, 2.45) is 0 Å². The monoisotopic (exact) mass is 376 g/mol. The normalized spacial score (nSPS) is 11.3. The number of halogens is 2. The smallest absolute Gasteiger partial charge is 0.279 e. The van der Waals surface area contributed by atoms with Crippen molar-refractivity contribution in [1.29, 1.82) is 0 Å². The van der Waals surface area contributed by atoms with Crippen LogP contribution in [0, 0.1) is 0 Å². The van der Waals surface area contributed by atoms with Crippen molar-refractivity contribution in [1.82, 2.24) is 4.98 Å². The maximum absolute atomic E-state index is 12.1. The number of aliphatic hydroxyl groups is 1. The highest BCUT2D eigenvalue weighted by Gasteiger charge is 2.17. The van der Waals surface area contributed by atoms with Crippen LogP contribution in [0.25, 0.3) is 0 Å². The van der Waals surface area contributed by atoms with Gasteiger partial charge in [0.2, 0.25) is 0 Å². The minimum absolute atomic E-state index is 0.128. The molecule has 0 radical (unpaired) electrons. The van der Waals surface area contributed by atoms with Gasteiger partial charge in [-0.2, -0.15) is 8.42 Å². The van der Waals surface area contributed by atoms with E-state index in [1.54, 1.807) is 18.2 Å². The summed E-state index contributed by atoms with van der Waals surface area (Å²) in [7, 11) is -3.79. The van der Waals surface area contributed by atoms with Crippen LogP contribution in [0.4, 0.5) is 5.69 Å². The fourth-order valence-electron chi connectivity index (χ4n) is 1.43. The summed E-state index contributed by atoms with van der Waals surface area (Å²) < 4.78 is 27.2. The van der Waals surface area contributed by atoms with E-state index in [2.05, 4.69) is 25.6 Å². The van der Waals surface area contributed by atoms with E-state index in [0.717, 1.165) is 0 Å². The standard InChI is InChI=1S/C12H10BrClN2O3S/c13-10-5-9(14)2-3-11(10)16-20(18,19)12-4-1-8(7-17)6-15-12/h1-6,16-17H,7H2. The zero-order valence-corrected chi connectivity index (χ0v) is 13.2. The van der Waals surface area contributed by atoms with Gasteiger partial charge < -0.3 is 5.11 Å². The second-order valence-electron chi connectivity index (χ2n) is 3.89. The fourth-order valence-corrected chi connectivity index (χ4v) is 3.36. The highest BCUT2D eigenvalue weighted by molar-refractivity contribution is 9.10. The van der Waals surface area contributed by atoms with Gasteiger partial charge in [-0.1, -0.05) is 17.7 Å². The topological polar surface area (TPSA) is 79.3 Å². The first-order valence-electron chi connectivity index (χ1n) is 5.46. The van der Waals surface area contributed by atoms with Crippen molar-refractivity contribution in [3.8, 4) is 0 Å². The molecule has 0 atom stereocenters. The molecule has 0 amide bonds. The molecule has 1 aromatic heterocycles. The molecule has 0 aliphatic heterocycles. The van der Waals surface area contributed by atoms with Gasteiger partial charge in [0.1, 0.15) is 0 Å². The maximum Gasteiger partial charge on any atom is 0.279 e. The first-order chi connectivity index (χ1) is 9.42. The van der Waals surface area contributed by atoms with Crippen LogP contribution in [0.1, 0.15) is 5.56 Å². The Hall–Kier alpha value is -1.15. The molecule has 20 heavy (non-hydrogen) atoms. The number of nitrogens with zero attached hydrogens (tertiary/aromatic N) is 1. The number of benzene rings is 1. The molecule has 2 N–H and O–H groups in total. The molecule has 0 fully saturated rings. The Morgan fingerprint density at radius 2 is 2.05 bits per heavy atom. The third-order valence-electron chi connectivity index (χ3n) is 2.43. The fraction of sp³-hybridized carbons (Fsp3) is 0.0833. The van der Waals surface area contributed by atoms with Crippen LogP contribution in [0.3, 0.4) is 0 Å². The molecule has 1 aromatic carbocycles. The van der Waals surface area contributed by atoms with Crippen molar-refractivity contribution in [3.05, 3.63) is 51.6 Å². The summed E-state index contributed by atoms with van der Waals surface area (Å²) in [5.74, 6) is 0. The number of pyridine rings is 1. The lowest BCUT2D eigenvalue weighted by atomic mass is 10.3. The first-order valence-corrected chi connectivity index (χ1v) is 8.11. The highest BCUT2D eigenvalue weighted by Crippen LogP contribution is 2.27. The number of sulfonamides is 1. The predicted molar refractivity (Wildman–Crippen MR) is 80.1 cm³/mol. The SMILES string of the molecule is O=S(=O)(Nc1ccc(Cl)cc1Br)c1ccc(CO)cn1. The van der Waals surface area contributed by atoms with Crippen LogP contribution in [-0.4, -0.2) is 18.5 Å². The van der Waals surface area contributed by atoms with Crippen LogP contribution < -0.4 is 4.72 Å². The van der Waals surface area contributed by atoms with Gasteiger partial charge in [0.25, 0.3) is 10.0 Å². The first kappa shape index (κ1) is 15.2. The molecule has 0 saturated heterocycles. The lowest BCUT2D eigenvalue weighted by Gasteiger charge is -2.09. The number of aliphatic hydroxyl groups excluding tert-OH is 1. The molecular formula is C12H10BrClN2O3S. The summed E-state index contributed by atoms with van der Waals surface area (Å²) in [6, 6.07) is 7.54. The number of rotatable bonds is 4. The van der Waals surface area contributed by atoms with Gasteiger partial charge in [-0.3, -0.25) is 4.72 Å². The Balaban J connectivity index is 2.30. The number of aromatic nitrogens is 1. The summed E-state index contributed by atoms with van der Waals surface area (Å²) in [5, 5.41) is 9.27. The van der Waals surface area contributed by atoms with Crippen molar-refractivity contribution in [2.45, 2.75) is 11.6 Å². The van der Waals surface area contributed by atoms with Crippen molar-refractivity contribution >= 4 is 43.2 Å². The molecule has 0 bridgehead atoms. The van der Waals surface area contributed by atoms with Crippen molar-refractivity contribution in [2.75, 3.05) is 4.72 Å². The van der Waals surface area contributed by atoms with Crippen LogP contribution in [-0.2, 0) is 16.6 Å². The summed E-state index contributed by atoms with van der Waals surface area (Å²) in [6.45, 7) is -0.191. The minimum atomic E-state index is -3.79. The average molecular weight is 378 g/mol. The van der Waals surface area contributed by atoms with Crippen LogP contribution in [0.2, 0.25) is 5.02 Å². The maximum atomic E-state index is 12.1. The molecule has 8 heteroatoms. The van der Waals surface area contributed by atoms with E-state index in [9.17, 15) is 8.42 Å². The van der Waals surface area contributed by atoms with Crippen LogP contribution >= 0.6 is 27.5 Å². The van der Waals surface area contributed by atoms with Crippen molar-refractivity contribution < 1.29 is 13.5 Å². The van der Waals surface area contributed by atoms with E-state index in [-0.39, 0.29) is 11.6 Å². The number of anilines is 1. The van der Waals surface area contributed by atoms with Gasteiger partial charge in [-0.15, -0.1) is 0 Å². The quantitative estimate of drug-likeness (QED) is 0.858. The Morgan fingerprint density at radius 1 is 1.30 bits per heavy atom. The zero-order valence-electron chi connectivity index (χ0n) is 10.0. The average Bonchev–Trinajstić information content (AvgIpc) is 2.42. The van der Waals surface area contributed by atoms with Gasteiger partial charge >= 0.3 is 0 Å². The lowest BCUT2D eigenvalue weighted by Crippen LogP contribution is -2.14. The second kappa shape index (κ2) is 6.09. The van der Waals surface area contributed by atoms with E-state index < -0.39 is 10.0 Å². The molecule has 0 spiro atoms. The molecule has 0 aliphatic rings. The van der Waals surface area contributed by atoms with Gasteiger partial charge in [0, 0.05) is 15.7 Å². The zero-order chi connectivity index (χ0) is 14.8. The van der Waals surface area contributed by atoms with Crippen molar-refractivity contribution in [3.63, 3.8) is 0 Å². The summed E-state index contributed by atoms with van der Waals surface area (Å²) >= 11 is 9.03. The molecule has 2 aromatic rings. The van der Waals surface area contributed by atoms with Gasteiger partial charge in [-0.25, -0.2) is 4.98 Å². The highest BCUT2D eigenvalue weighted by atomic mass is 79.9. The molecule has 2 rings (SSSR count). The molecule has 0 saturated carbocycles. The van der Waals surface area contributed by atoms with E-state index in [4.69, 9.17) is 16.7 Å². The molecule has 0 aliphatic carbocycles. The Kier molecular flexibility index (Phi) is 4.64. The number of hydrogen-bond acceptors (Lipinski definition) is 4. The van der Waals surface area contributed by atoms with Crippen LogP contribution in [0.5, 0.6) is 0 Å². The third kappa shape index (κ3) is 3.49. The Bertz CT molecular complexity index is 720.